The summed E-state index contributed by atoms with van der Waals surface area (Å²) in [6.07, 6.45) is 4.66. The summed E-state index contributed by atoms with van der Waals surface area (Å²) in [6, 6.07) is 6.43. The van der Waals surface area contributed by atoms with Crippen LogP contribution in [0.3, 0.4) is 0 Å². The highest BCUT2D eigenvalue weighted by Crippen LogP contribution is 2.25. The molecule has 0 saturated heterocycles. The van der Waals surface area contributed by atoms with E-state index in [0.29, 0.717) is 11.4 Å². The summed E-state index contributed by atoms with van der Waals surface area (Å²) < 4.78 is 5.85. The summed E-state index contributed by atoms with van der Waals surface area (Å²) in [5.74, 6) is -0.711. The molecule has 1 saturated carbocycles. The number of aliphatic hydroxyl groups is 1. The molecule has 4 N–H and O–H groups in total. The van der Waals surface area contributed by atoms with Gasteiger partial charge in [-0.15, -0.1) is 0 Å². The van der Waals surface area contributed by atoms with Gasteiger partial charge in [-0.2, -0.15) is 0 Å². The number of hydrogen-bond donors (Lipinski definition) is 4. The smallest absolute Gasteiger partial charge is 0.337 e. The Labute approximate surface area is 134 Å². The lowest BCUT2D eigenvalue weighted by atomic mass is 10.1. The van der Waals surface area contributed by atoms with Crippen LogP contribution in [0.15, 0.2) is 24.3 Å². The quantitative estimate of drug-likeness (QED) is 0.640. The fourth-order valence-electron chi connectivity index (χ4n) is 2.35. The Morgan fingerprint density at radius 3 is 2.70 bits per heavy atom. The predicted octanol–water partition coefficient (Wildman–Crippen LogP) is 1.97. The number of hydrogen-bond acceptors (Lipinski definition) is 4. The number of rotatable bonds is 6. The molecule has 7 nitrogen and oxygen atoms in total. The van der Waals surface area contributed by atoms with E-state index >= 15 is 0 Å². The van der Waals surface area contributed by atoms with Crippen LogP contribution in [0.4, 0.5) is 10.5 Å². The average molecular weight is 322 g/mol. The zero-order valence-corrected chi connectivity index (χ0v) is 13.0. The number of urea groups is 1. The summed E-state index contributed by atoms with van der Waals surface area (Å²) in [7, 11) is 0. The van der Waals surface area contributed by atoms with Crippen molar-refractivity contribution in [3.05, 3.63) is 24.3 Å². The van der Waals surface area contributed by atoms with Gasteiger partial charge in [0.2, 0.25) is 0 Å². The minimum absolute atomic E-state index is 0.227. The van der Waals surface area contributed by atoms with Crippen molar-refractivity contribution in [3.63, 3.8) is 0 Å². The van der Waals surface area contributed by atoms with Gasteiger partial charge in [0.1, 0.15) is 5.75 Å². The van der Waals surface area contributed by atoms with E-state index in [2.05, 4.69) is 10.6 Å². The standard InChI is InChI=1S/C16H22N2O5/c1-16(22,14(19)20)10-17-15(21)18-11-5-4-8-13(9-11)23-12-6-2-3-7-12/h4-5,8-9,12,22H,2-3,6-7,10H2,1H3,(H,19,20)(H2,17,18,21). The summed E-state index contributed by atoms with van der Waals surface area (Å²) >= 11 is 0. The molecule has 1 aromatic carbocycles. The predicted molar refractivity (Wildman–Crippen MR) is 84.6 cm³/mol. The van der Waals surface area contributed by atoms with Crippen molar-refractivity contribution in [1.29, 1.82) is 0 Å². The molecule has 0 spiro atoms. The molecule has 1 aliphatic carbocycles. The van der Waals surface area contributed by atoms with Gasteiger partial charge in [-0.05, 0) is 44.7 Å². The molecule has 126 valence electrons. The van der Waals surface area contributed by atoms with Crippen molar-refractivity contribution in [3.8, 4) is 5.75 Å². The molecule has 0 bridgehead atoms. The highest BCUT2D eigenvalue weighted by molar-refractivity contribution is 5.90. The minimum atomic E-state index is -2.01. The molecule has 0 radical (unpaired) electrons. The second-order valence-electron chi connectivity index (χ2n) is 5.94. The molecule has 7 heteroatoms. The van der Waals surface area contributed by atoms with E-state index < -0.39 is 24.1 Å². The molecule has 2 rings (SSSR count). The first-order chi connectivity index (χ1) is 10.9. The molecular formula is C16H22N2O5. The highest BCUT2D eigenvalue weighted by Gasteiger charge is 2.30. The topological polar surface area (TPSA) is 108 Å². The van der Waals surface area contributed by atoms with Crippen molar-refractivity contribution in [2.24, 2.45) is 0 Å². The Morgan fingerprint density at radius 2 is 2.04 bits per heavy atom. The number of carboxylic acid groups (broad SMARTS) is 1. The third-order valence-electron chi connectivity index (χ3n) is 3.75. The summed E-state index contributed by atoms with van der Waals surface area (Å²) in [6.45, 7) is 0.720. The van der Waals surface area contributed by atoms with Gasteiger partial charge in [0.05, 0.1) is 12.6 Å². The Balaban J connectivity index is 1.87. The highest BCUT2D eigenvalue weighted by atomic mass is 16.5. The van der Waals surface area contributed by atoms with Gasteiger partial charge >= 0.3 is 12.0 Å². The zero-order valence-electron chi connectivity index (χ0n) is 13.0. The van der Waals surface area contributed by atoms with E-state index in [4.69, 9.17) is 9.84 Å². The van der Waals surface area contributed by atoms with E-state index in [-0.39, 0.29) is 6.10 Å². The van der Waals surface area contributed by atoms with E-state index in [1.807, 2.05) is 6.07 Å². The molecule has 1 atom stereocenters. The van der Waals surface area contributed by atoms with Gasteiger partial charge < -0.3 is 25.6 Å². The molecule has 0 aliphatic heterocycles. The molecule has 1 unspecified atom stereocenters. The molecule has 23 heavy (non-hydrogen) atoms. The first-order valence-electron chi connectivity index (χ1n) is 7.64. The van der Waals surface area contributed by atoms with Crippen LogP contribution in [0.2, 0.25) is 0 Å². The van der Waals surface area contributed by atoms with Gasteiger partial charge in [-0.1, -0.05) is 6.07 Å². The van der Waals surface area contributed by atoms with Gasteiger partial charge in [0.25, 0.3) is 0 Å². The van der Waals surface area contributed by atoms with Crippen LogP contribution in [-0.2, 0) is 4.79 Å². The molecule has 0 aromatic heterocycles. The third-order valence-corrected chi connectivity index (χ3v) is 3.75. The Morgan fingerprint density at radius 1 is 1.35 bits per heavy atom. The van der Waals surface area contributed by atoms with Gasteiger partial charge in [0, 0.05) is 11.8 Å². The third kappa shape index (κ3) is 5.14. The number of carbonyl (C=O) groups is 2. The van der Waals surface area contributed by atoms with Crippen LogP contribution in [0.25, 0.3) is 0 Å². The maximum Gasteiger partial charge on any atom is 0.337 e. The molecule has 2 amide bonds. The number of anilines is 1. The van der Waals surface area contributed by atoms with Gasteiger partial charge in [-0.25, -0.2) is 9.59 Å². The lowest BCUT2D eigenvalue weighted by Crippen LogP contribution is -2.47. The fourth-order valence-corrected chi connectivity index (χ4v) is 2.35. The van der Waals surface area contributed by atoms with Crippen LogP contribution >= 0.6 is 0 Å². The summed E-state index contributed by atoms with van der Waals surface area (Å²) in [5.41, 5.74) is -1.47. The number of benzene rings is 1. The number of carboxylic acids is 1. The van der Waals surface area contributed by atoms with E-state index in [0.717, 1.165) is 19.8 Å². The number of carbonyl (C=O) groups excluding carboxylic acids is 1. The van der Waals surface area contributed by atoms with Crippen LogP contribution in [0.5, 0.6) is 5.75 Å². The number of amides is 2. The monoisotopic (exact) mass is 322 g/mol. The lowest BCUT2D eigenvalue weighted by Gasteiger charge is -2.18. The molecule has 1 fully saturated rings. The van der Waals surface area contributed by atoms with Crippen molar-refractivity contribution in [1.82, 2.24) is 5.32 Å². The first kappa shape index (κ1) is 17.1. The first-order valence-corrected chi connectivity index (χ1v) is 7.64. The molecule has 1 aliphatic rings. The van der Waals surface area contributed by atoms with Crippen LogP contribution < -0.4 is 15.4 Å². The average Bonchev–Trinajstić information content (AvgIpc) is 2.98. The lowest BCUT2D eigenvalue weighted by molar-refractivity contribution is -0.155. The summed E-state index contributed by atoms with van der Waals surface area (Å²) in [5, 5.41) is 23.2. The van der Waals surface area contributed by atoms with E-state index in [9.17, 15) is 14.7 Å². The second kappa shape index (κ2) is 7.32. The number of nitrogens with one attached hydrogen (secondary N) is 2. The van der Waals surface area contributed by atoms with E-state index in [1.165, 1.54) is 12.8 Å². The molecular weight excluding hydrogens is 300 g/mol. The van der Waals surface area contributed by atoms with Crippen LogP contribution in [0.1, 0.15) is 32.6 Å². The van der Waals surface area contributed by atoms with Crippen LogP contribution in [-0.4, -0.2) is 40.5 Å². The number of aliphatic carboxylic acids is 1. The molecule has 1 aromatic rings. The van der Waals surface area contributed by atoms with Crippen molar-refractivity contribution in [2.45, 2.75) is 44.3 Å². The minimum Gasteiger partial charge on any atom is -0.490 e. The van der Waals surface area contributed by atoms with Crippen molar-refractivity contribution >= 4 is 17.7 Å². The second-order valence-corrected chi connectivity index (χ2v) is 5.94. The Kier molecular flexibility index (Phi) is 5.44. The summed E-state index contributed by atoms with van der Waals surface area (Å²) in [4.78, 5) is 22.5. The SMILES string of the molecule is CC(O)(CNC(=O)Nc1cccc(OC2CCCC2)c1)C(=O)O. The van der Waals surface area contributed by atoms with Gasteiger partial charge in [0.15, 0.2) is 5.60 Å². The normalized spacial score (nSPS) is 17.3. The van der Waals surface area contributed by atoms with Gasteiger partial charge in [-0.3, -0.25) is 0 Å². The van der Waals surface area contributed by atoms with Crippen molar-refractivity contribution < 1.29 is 24.5 Å². The maximum absolute atomic E-state index is 11.8. The fraction of sp³-hybridized carbons (Fsp3) is 0.500. The zero-order chi connectivity index (χ0) is 16.9. The Bertz CT molecular complexity index is 567. The van der Waals surface area contributed by atoms with Crippen molar-refractivity contribution in [2.75, 3.05) is 11.9 Å². The van der Waals surface area contributed by atoms with E-state index in [1.54, 1.807) is 18.2 Å². The molecule has 0 heterocycles. The Hall–Kier alpha value is -2.28. The largest absolute Gasteiger partial charge is 0.490 e. The number of ether oxygens (including phenoxy) is 1. The maximum atomic E-state index is 11.8. The van der Waals surface area contributed by atoms with Crippen LogP contribution in [0, 0.1) is 0 Å².